The topological polar surface area (TPSA) is 120 Å². The van der Waals surface area contributed by atoms with Crippen LogP contribution in [0, 0.1) is 0 Å². The second kappa shape index (κ2) is 16.1. The van der Waals surface area contributed by atoms with Gasteiger partial charge in [-0.15, -0.1) is 11.3 Å². The number of aromatic nitrogens is 2. The molecule has 2 aromatic heterocycles. The molecule has 2 aliphatic heterocycles. The summed E-state index contributed by atoms with van der Waals surface area (Å²) >= 11 is 1.45. The number of nitrogens with one attached hydrogen (secondary N) is 2. The SMILES string of the molecule is CC(C)c1csc(C(=O)N2CCOC3(CCN(Cc4cccc(CCNCC(O[Si](C)(C)C(C)(C)C)c5ccc(O)c6[nH]c(=O)ccc56)c4)CC3)C2)n1. The summed E-state index contributed by atoms with van der Waals surface area (Å²) in [5.74, 6) is 0.395. The fourth-order valence-electron chi connectivity index (χ4n) is 7.12. The molecule has 4 heterocycles. The third-order valence-corrected chi connectivity index (χ3v) is 16.7. The van der Waals surface area contributed by atoms with E-state index in [2.05, 4.69) is 92.2 Å². The van der Waals surface area contributed by atoms with Crippen LogP contribution >= 0.6 is 11.3 Å². The summed E-state index contributed by atoms with van der Waals surface area (Å²) < 4.78 is 13.4. The molecule has 0 bridgehead atoms. The van der Waals surface area contributed by atoms with E-state index in [0.29, 0.717) is 42.7 Å². The van der Waals surface area contributed by atoms with E-state index < -0.39 is 8.32 Å². The van der Waals surface area contributed by atoms with Crippen LogP contribution in [0.5, 0.6) is 5.75 Å². The Morgan fingerprint density at radius 1 is 1.11 bits per heavy atom. The zero-order chi connectivity index (χ0) is 38.0. The molecular formula is C41H57N5O5SSi. The van der Waals surface area contributed by atoms with Crippen LogP contribution in [0.4, 0.5) is 0 Å². The van der Waals surface area contributed by atoms with Gasteiger partial charge in [0.1, 0.15) is 5.75 Å². The van der Waals surface area contributed by atoms with E-state index in [-0.39, 0.29) is 34.0 Å². The minimum atomic E-state index is -2.16. The summed E-state index contributed by atoms with van der Waals surface area (Å²) in [7, 11) is -2.16. The molecule has 1 spiro atoms. The van der Waals surface area contributed by atoms with E-state index in [4.69, 9.17) is 9.16 Å². The number of ether oxygens (including phenoxy) is 1. The van der Waals surface area contributed by atoms with Gasteiger partial charge in [-0.05, 0) is 78.7 Å². The van der Waals surface area contributed by atoms with Gasteiger partial charge in [0.2, 0.25) is 5.56 Å². The van der Waals surface area contributed by atoms with Crippen molar-refractivity contribution in [2.45, 2.75) is 96.2 Å². The molecule has 0 radical (unpaired) electrons. The molecule has 0 saturated carbocycles. The number of carbonyl (C=O) groups is 1. The Hall–Kier alpha value is -3.39. The zero-order valence-electron chi connectivity index (χ0n) is 32.5. The zero-order valence-corrected chi connectivity index (χ0v) is 34.3. The van der Waals surface area contributed by atoms with Crippen molar-refractivity contribution < 1.29 is 19.1 Å². The third-order valence-electron chi connectivity index (χ3n) is 11.4. The lowest BCUT2D eigenvalue weighted by Gasteiger charge is -2.47. The van der Waals surface area contributed by atoms with Crippen LogP contribution in [-0.2, 0) is 22.1 Å². The highest BCUT2D eigenvalue weighted by molar-refractivity contribution is 7.11. The maximum absolute atomic E-state index is 13.3. The minimum Gasteiger partial charge on any atom is -0.506 e. The number of H-pyrrole nitrogens is 1. The monoisotopic (exact) mass is 759 g/mol. The molecule has 3 N–H and O–H groups in total. The van der Waals surface area contributed by atoms with E-state index in [1.807, 2.05) is 16.3 Å². The van der Waals surface area contributed by atoms with E-state index in [9.17, 15) is 14.7 Å². The largest absolute Gasteiger partial charge is 0.506 e. The van der Waals surface area contributed by atoms with Crippen molar-refractivity contribution in [3.8, 4) is 5.75 Å². The van der Waals surface area contributed by atoms with E-state index in [1.165, 1.54) is 28.5 Å². The molecule has 4 aromatic rings. The van der Waals surface area contributed by atoms with E-state index in [1.54, 1.807) is 12.1 Å². The fourth-order valence-corrected chi connectivity index (χ4v) is 9.34. The highest BCUT2D eigenvalue weighted by atomic mass is 32.1. The molecule has 2 saturated heterocycles. The number of fused-ring (bicyclic) bond motifs is 1. The molecule has 1 atom stereocenters. The number of piperidine rings is 1. The van der Waals surface area contributed by atoms with Crippen LogP contribution < -0.4 is 10.9 Å². The maximum Gasteiger partial charge on any atom is 0.283 e. The van der Waals surface area contributed by atoms with Gasteiger partial charge in [-0.2, -0.15) is 0 Å². The van der Waals surface area contributed by atoms with Crippen LogP contribution in [0.15, 0.2) is 58.7 Å². The number of rotatable bonds is 12. The molecule has 53 heavy (non-hydrogen) atoms. The Morgan fingerprint density at radius 2 is 1.87 bits per heavy atom. The number of pyridine rings is 1. The van der Waals surface area contributed by atoms with Crippen molar-refractivity contribution >= 4 is 36.5 Å². The van der Waals surface area contributed by atoms with Gasteiger partial charge in [0.25, 0.3) is 5.91 Å². The van der Waals surface area contributed by atoms with Gasteiger partial charge >= 0.3 is 0 Å². The lowest BCUT2D eigenvalue weighted by molar-refractivity contribution is -0.127. The number of likely N-dealkylation sites (tertiary alicyclic amines) is 1. The number of aromatic amines is 1. The fraction of sp³-hybridized carbons (Fsp3) is 0.537. The summed E-state index contributed by atoms with van der Waals surface area (Å²) in [6.07, 6.45) is 2.44. The molecule has 2 aliphatic rings. The number of phenols is 1. The molecule has 286 valence electrons. The minimum absolute atomic E-state index is 0.0181. The number of carbonyl (C=O) groups excluding carboxylic acids is 1. The van der Waals surface area contributed by atoms with Crippen molar-refractivity contribution in [3.05, 3.63) is 91.7 Å². The first-order chi connectivity index (χ1) is 25.1. The Labute approximate surface area is 319 Å². The van der Waals surface area contributed by atoms with Gasteiger partial charge in [0.05, 0.1) is 36.1 Å². The first-order valence-corrected chi connectivity index (χ1v) is 22.8. The quantitative estimate of drug-likeness (QED) is 0.102. The van der Waals surface area contributed by atoms with Gasteiger partial charge in [0.15, 0.2) is 13.3 Å². The van der Waals surface area contributed by atoms with Gasteiger partial charge in [-0.25, -0.2) is 4.98 Å². The highest BCUT2D eigenvalue weighted by Gasteiger charge is 2.42. The lowest BCUT2D eigenvalue weighted by atomic mass is 9.89. The van der Waals surface area contributed by atoms with Crippen molar-refractivity contribution in [1.29, 1.82) is 0 Å². The number of nitrogens with zero attached hydrogens (tertiary/aromatic N) is 3. The predicted molar refractivity (Wildman–Crippen MR) is 216 cm³/mol. The molecule has 1 unspecified atom stereocenters. The molecule has 12 heteroatoms. The van der Waals surface area contributed by atoms with Crippen LogP contribution in [0.2, 0.25) is 18.1 Å². The molecular weight excluding hydrogens is 703 g/mol. The number of benzene rings is 2. The number of amides is 1. The summed E-state index contributed by atoms with van der Waals surface area (Å²) in [5.41, 5.74) is 4.42. The Kier molecular flexibility index (Phi) is 12.0. The van der Waals surface area contributed by atoms with Crippen molar-refractivity contribution in [2.24, 2.45) is 0 Å². The first kappa shape index (κ1) is 39.3. The Balaban J connectivity index is 1.03. The summed E-state index contributed by atoms with van der Waals surface area (Å²) in [5, 5.41) is 17.6. The van der Waals surface area contributed by atoms with Crippen molar-refractivity contribution in [2.75, 3.05) is 45.9 Å². The van der Waals surface area contributed by atoms with Gasteiger partial charge in [0, 0.05) is 49.6 Å². The Bertz CT molecular complexity index is 1940. The van der Waals surface area contributed by atoms with E-state index >= 15 is 0 Å². The number of thiazole rings is 1. The standard InChI is InChI=1S/C41H57N5O5SSi/c1-28(2)33-26-52-38(43-33)39(49)46-21-22-50-41(27-46)16-19-45(20-17-41)25-30-10-8-9-29(23-30)15-18-42-24-35(51-53(6,7)40(3,4)5)31-11-13-34(47)37-32(31)12-14-36(48)44-37/h8-14,23,26,28,35,42,47H,15-22,24-25,27H2,1-7H3,(H,44,48). The molecule has 1 amide bonds. The maximum atomic E-state index is 13.3. The van der Waals surface area contributed by atoms with E-state index in [0.717, 1.165) is 62.1 Å². The summed E-state index contributed by atoms with van der Waals surface area (Å²) in [4.78, 5) is 37.3. The Morgan fingerprint density at radius 3 is 2.58 bits per heavy atom. The number of phenolic OH excluding ortho intramolecular Hbond substituents is 1. The molecule has 2 aromatic carbocycles. The lowest BCUT2D eigenvalue weighted by Crippen LogP contribution is -2.57. The smallest absolute Gasteiger partial charge is 0.283 e. The molecule has 0 aliphatic carbocycles. The normalized spacial score (nSPS) is 17.5. The second-order valence-corrected chi connectivity index (χ2v) is 22.3. The van der Waals surface area contributed by atoms with Gasteiger partial charge in [-0.3, -0.25) is 14.5 Å². The van der Waals surface area contributed by atoms with Crippen LogP contribution in [0.1, 0.15) is 91.7 Å². The predicted octanol–water partition coefficient (Wildman–Crippen LogP) is 7.22. The number of aromatic hydroxyl groups is 1. The molecule has 2 fully saturated rings. The van der Waals surface area contributed by atoms with Gasteiger partial charge < -0.3 is 29.5 Å². The summed E-state index contributed by atoms with van der Waals surface area (Å²) in [6, 6.07) is 15.7. The number of hydrogen-bond donors (Lipinski definition) is 3. The molecule has 10 nitrogen and oxygen atoms in total. The van der Waals surface area contributed by atoms with Crippen LogP contribution in [-0.4, -0.2) is 90.6 Å². The highest BCUT2D eigenvalue weighted by Crippen LogP contribution is 2.41. The number of hydrogen-bond acceptors (Lipinski definition) is 9. The summed E-state index contributed by atoms with van der Waals surface area (Å²) in [6.45, 7) is 21.4. The van der Waals surface area contributed by atoms with Crippen molar-refractivity contribution in [1.82, 2.24) is 25.1 Å². The molecule has 6 rings (SSSR count). The average Bonchev–Trinajstić information content (AvgIpc) is 3.62. The average molecular weight is 760 g/mol. The van der Waals surface area contributed by atoms with Gasteiger partial charge in [-0.1, -0.05) is 65.0 Å². The van der Waals surface area contributed by atoms with Crippen molar-refractivity contribution in [3.63, 3.8) is 0 Å². The third kappa shape index (κ3) is 9.29. The van der Waals surface area contributed by atoms with Crippen LogP contribution in [0.3, 0.4) is 0 Å². The van der Waals surface area contributed by atoms with Crippen LogP contribution in [0.25, 0.3) is 10.9 Å². The second-order valence-electron chi connectivity index (χ2n) is 16.7. The number of morpholine rings is 1. The first-order valence-electron chi connectivity index (χ1n) is 19.1.